The fourth-order valence-corrected chi connectivity index (χ4v) is 4.79. The fourth-order valence-electron chi connectivity index (χ4n) is 3.95. The van der Waals surface area contributed by atoms with Crippen molar-refractivity contribution in [2.24, 2.45) is 0 Å². The largest absolute Gasteiger partial charge is 0.507 e. The number of likely N-dealkylation sites (tertiary alicyclic amines) is 1. The van der Waals surface area contributed by atoms with Crippen molar-refractivity contribution in [3.8, 4) is 5.75 Å². The Balaban J connectivity index is 1.74. The topological polar surface area (TPSA) is 79.7 Å². The molecule has 0 aliphatic carbocycles. The summed E-state index contributed by atoms with van der Waals surface area (Å²) in [6.07, 6.45) is 5.33. The van der Waals surface area contributed by atoms with Gasteiger partial charge in [0.05, 0.1) is 18.2 Å². The van der Waals surface area contributed by atoms with E-state index in [1.807, 2.05) is 36.6 Å². The molecule has 2 aromatic heterocycles. The van der Waals surface area contributed by atoms with Gasteiger partial charge in [0.25, 0.3) is 11.7 Å². The Bertz CT molecular complexity index is 1170. The minimum Gasteiger partial charge on any atom is -0.507 e. The first kappa shape index (κ1) is 22.7. The van der Waals surface area contributed by atoms with Crippen LogP contribution in [0.5, 0.6) is 5.75 Å². The summed E-state index contributed by atoms with van der Waals surface area (Å²) in [5.41, 5.74) is 2.20. The second-order valence-electron chi connectivity index (χ2n) is 7.98. The number of benzene rings is 1. The van der Waals surface area contributed by atoms with Crippen molar-refractivity contribution in [1.29, 1.82) is 0 Å². The maximum absolute atomic E-state index is 13.1. The summed E-state index contributed by atoms with van der Waals surface area (Å²) in [6.45, 7) is 4.80. The van der Waals surface area contributed by atoms with Crippen molar-refractivity contribution >= 4 is 28.8 Å². The molecule has 33 heavy (non-hydrogen) atoms. The Morgan fingerprint density at radius 2 is 2.06 bits per heavy atom. The zero-order valence-electron chi connectivity index (χ0n) is 18.7. The molecule has 0 saturated carbocycles. The van der Waals surface area contributed by atoms with Crippen LogP contribution in [0.1, 0.15) is 47.4 Å². The molecule has 1 N–H and O–H groups in total. The summed E-state index contributed by atoms with van der Waals surface area (Å²) in [5.74, 6) is -0.768. The van der Waals surface area contributed by atoms with Crippen LogP contribution in [0.4, 0.5) is 0 Å². The van der Waals surface area contributed by atoms with E-state index in [1.54, 1.807) is 30.6 Å². The minimum absolute atomic E-state index is 0.106. The van der Waals surface area contributed by atoms with Crippen molar-refractivity contribution < 1.29 is 19.4 Å². The molecule has 1 fully saturated rings. The van der Waals surface area contributed by atoms with Crippen molar-refractivity contribution in [2.45, 2.75) is 39.3 Å². The van der Waals surface area contributed by atoms with Crippen LogP contribution >= 0.6 is 11.3 Å². The minimum atomic E-state index is -0.683. The number of hydrogen-bond donors (Lipinski definition) is 1. The number of unbranched alkanes of at least 4 members (excludes halogenated alkanes) is 1. The Morgan fingerprint density at radius 3 is 2.73 bits per heavy atom. The predicted octanol–water partition coefficient (Wildman–Crippen LogP) is 5.25. The number of ketones is 1. The molecule has 4 rings (SSSR count). The van der Waals surface area contributed by atoms with Gasteiger partial charge in [-0.05, 0) is 60.2 Å². The summed E-state index contributed by atoms with van der Waals surface area (Å²) in [7, 11) is 0. The van der Waals surface area contributed by atoms with Gasteiger partial charge in [-0.2, -0.15) is 0 Å². The normalized spacial score (nSPS) is 17.5. The number of carbonyl (C=O) groups is 2. The molecule has 7 heteroatoms. The fraction of sp³-hybridized carbons (Fsp3) is 0.269. The van der Waals surface area contributed by atoms with E-state index in [4.69, 9.17) is 4.74 Å². The summed E-state index contributed by atoms with van der Waals surface area (Å²) in [6, 6.07) is 12.1. The summed E-state index contributed by atoms with van der Waals surface area (Å²) in [4.78, 5) is 32.6. The van der Waals surface area contributed by atoms with Crippen LogP contribution in [0, 0.1) is 6.92 Å². The summed E-state index contributed by atoms with van der Waals surface area (Å²) in [5, 5.41) is 13.2. The molecule has 1 aliphatic rings. The van der Waals surface area contributed by atoms with Gasteiger partial charge in [0.2, 0.25) is 0 Å². The number of ether oxygens (including phenoxy) is 1. The summed E-state index contributed by atoms with van der Waals surface area (Å²) < 4.78 is 5.76. The third kappa shape index (κ3) is 4.68. The number of amides is 1. The average Bonchev–Trinajstić information content (AvgIpc) is 3.42. The average molecular weight is 463 g/mol. The van der Waals surface area contributed by atoms with E-state index >= 15 is 0 Å². The Hall–Kier alpha value is -3.45. The molecule has 3 heterocycles. The number of aliphatic hydroxyl groups excluding tert-OH is 1. The smallest absolute Gasteiger partial charge is 0.295 e. The molecule has 0 radical (unpaired) electrons. The third-order valence-corrected chi connectivity index (χ3v) is 6.57. The van der Waals surface area contributed by atoms with Gasteiger partial charge in [-0.3, -0.25) is 14.6 Å². The van der Waals surface area contributed by atoms with Crippen LogP contribution in [0.15, 0.2) is 65.8 Å². The first-order valence-corrected chi connectivity index (χ1v) is 11.8. The lowest BCUT2D eigenvalue weighted by Crippen LogP contribution is -2.28. The number of hydrogen-bond acceptors (Lipinski definition) is 6. The maximum Gasteiger partial charge on any atom is 0.295 e. The van der Waals surface area contributed by atoms with E-state index in [9.17, 15) is 14.7 Å². The van der Waals surface area contributed by atoms with Crippen LogP contribution < -0.4 is 4.74 Å². The van der Waals surface area contributed by atoms with Gasteiger partial charge in [0.15, 0.2) is 0 Å². The van der Waals surface area contributed by atoms with Gasteiger partial charge in [0, 0.05) is 29.4 Å². The maximum atomic E-state index is 13.1. The molecule has 6 nitrogen and oxygen atoms in total. The Morgan fingerprint density at radius 1 is 1.21 bits per heavy atom. The second-order valence-corrected chi connectivity index (χ2v) is 8.96. The highest BCUT2D eigenvalue weighted by molar-refractivity contribution is 7.10. The van der Waals surface area contributed by atoms with Gasteiger partial charge >= 0.3 is 0 Å². The SMILES string of the molecule is CCCCOc1ccc(/C(O)=C2\C(=O)C(=O)N(Cc3cccnc3)[C@H]2c2cccs2)c(C)c1. The summed E-state index contributed by atoms with van der Waals surface area (Å²) >= 11 is 1.45. The number of aromatic nitrogens is 1. The number of Topliss-reactive ketones (excluding diaryl/α,β-unsaturated/α-hetero) is 1. The number of pyridine rings is 1. The number of thiophene rings is 1. The van der Waals surface area contributed by atoms with Gasteiger partial charge in [-0.25, -0.2) is 0 Å². The molecule has 1 aliphatic heterocycles. The first-order chi connectivity index (χ1) is 16.0. The van der Waals surface area contributed by atoms with Crippen LogP contribution in [0.2, 0.25) is 0 Å². The monoisotopic (exact) mass is 462 g/mol. The first-order valence-electron chi connectivity index (χ1n) is 11.0. The van der Waals surface area contributed by atoms with E-state index in [-0.39, 0.29) is 17.9 Å². The van der Waals surface area contributed by atoms with Crippen LogP contribution in [0.3, 0.4) is 0 Å². The standard InChI is InChI=1S/C26H26N2O4S/c1-3-4-12-32-19-9-10-20(17(2)14-19)24(29)22-23(21-8-6-13-33-21)28(26(31)25(22)30)16-18-7-5-11-27-15-18/h5-11,13-15,23,29H,3-4,12,16H2,1-2H3/b24-22+/t23-/m0/s1. The van der Waals surface area contributed by atoms with Gasteiger partial charge < -0.3 is 14.7 Å². The van der Waals surface area contributed by atoms with Crippen LogP contribution in [0.25, 0.3) is 5.76 Å². The van der Waals surface area contributed by atoms with Crippen molar-refractivity contribution in [3.63, 3.8) is 0 Å². The Labute approximate surface area is 197 Å². The highest BCUT2D eigenvalue weighted by Gasteiger charge is 2.46. The quantitative estimate of drug-likeness (QED) is 0.214. The van der Waals surface area contributed by atoms with Gasteiger partial charge in [-0.15, -0.1) is 11.3 Å². The number of aryl methyl sites for hydroxylation is 1. The van der Waals surface area contributed by atoms with Crippen molar-refractivity contribution in [1.82, 2.24) is 9.88 Å². The molecule has 170 valence electrons. The molecule has 1 saturated heterocycles. The molecule has 1 atom stereocenters. The van der Waals surface area contributed by atoms with Crippen molar-refractivity contribution in [3.05, 3.63) is 87.4 Å². The van der Waals surface area contributed by atoms with E-state index in [0.29, 0.717) is 17.9 Å². The Kier molecular flexibility index (Phi) is 6.89. The van der Waals surface area contributed by atoms with Crippen LogP contribution in [-0.4, -0.2) is 33.3 Å². The highest BCUT2D eigenvalue weighted by Crippen LogP contribution is 2.42. The number of aliphatic hydroxyl groups is 1. The molecule has 0 spiro atoms. The number of nitrogens with zero attached hydrogens (tertiary/aromatic N) is 2. The molecular formula is C26H26N2O4S. The zero-order valence-corrected chi connectivity index (χ0v) is 19.5. The lowest BCUT2D eigenvalue weighted by atomic mass is 9.97. The van der Waals surface area contributed by atoms with Crippen LogP contribution in [-0.2, 0) is 16.1 Å². The molecule has 1 aromatic carbocycles. The third-order valence-electron chi connectivity index (χ3n) is 5.65. The van der Waals surface area contributed by atoms with Crippen molar-refractivity contribution in [2.75, 3.05) is 6.61 Å². The number of carbonyl (C=O) groups excluding carboxylic acids is 2. The molecule has 0 unspecified atom stereocenters. The number of rotatable bonds is 8. The zero-order chi connectivity index (χ0) is 23.4. The van der Waals surface area contributed by atoms with Gasteiger partial charge in [-0.1, -0.05) is 25.5 Å². The molecular weight excluding hydrogens is 436 g/mol. The van der Waals surface area contributed by atoms with E-state index < -0.39 is 17.7 Å². The van der Waals surface area contributed by atoms with E-state index in [2.05, 4.69) is 11.9 Å². The predicted molar refractivity (Wildman–Crippen MR) is 128 cm³/mol. The lowest BCUT2D eigenvalue weighted by Gasteiger charge is -2.24. The second kappa shape index (κ2) is 10.0. The lowest BCUT2D eigenvalue weighted by molar-refractivity contribution is -0.140. The molecule has 0 bridgehead atoms. The molecule has 1 amide bonds. The highest BCUT2D eigenvalue weighted by atomic mass is 32.1. The van der Waals surface area contributed by atoms with Gasteiger partial charge in [0.1, 0.15) is 11.5 Å². The van der Waals surface area contributed by atoms with E-state index in [1.165, 1.54) is 16.2 Å². The molecule has 3 aromatic rings. The van der Waals surface area contributed by atoms with E-state index in [0.717, 1.165) is 28.8 Å².